The van der Waals surface area contributed by atoms with Gasteiger partial charge in [-0.15, -0.1) is 5.56 Å². The number of allylic oxidation sites excluding steroid dienone is 2. The van der Waals surface area contributed by atoms with Gasteiger partial charge >= 0.3 is 5.97 Å². The number of carboxylic acid groups (broad SMARTS) is 1. The van der Waals surface area contributed by atoms with Crippen LogP contribution in [0.3, 0.4) is 0 Å². The molecule has 29 heavy (non-hydrogen) atoms. The Morgan fingerprint density at radius 2 is 1.86 bits per heavy atom. The molecule has 2 unspecified atom stereocenters. The third-order valence-electron chi connectivity index (χ3n) is 4.90. The zero-order valence-electron chi connectivity index (χ0n) is 15.7. The summed E-state index contributed by atoms with van der Waals surface area (Å²) in [7, 11) is 0. The molecule has 2 aliphatic heterocycles. The molecule has 2 atom stereocenters. The average Bonchev–Trinajstić information content (AvgIpc) is 2.68. The number of carboxylic acids is 1. The van der Waals surface area contributed by atoms with Crippen LogP contribution in [0.2, 0.25) is 0 Å². The van der Waals surface area contributed by atoms with E-state index in [2.05, 4.69) is 20.9 Å². The van der Waals surface area contributed by atoms with Crippen LogP contribution in [-0.2, 0) is 25.9 Å². The molecule has 1 aromatic carbocycles. The second kappa shape index (κ2) is 8.92. The predicted molar refractivity (Wildman–Crippen MR) is 102 cm³/mol. The Bertz CT molecular complexity index is 990. The summed E-state index contributed by atoms with van der Waals surface area (Å²) in [5, 5.41) is 9.24. The van der Waals surface area contributed by atoms with Gasteiger partial charge in [-0.2, -0.15) is 12.1 Å². The number of halogens is 2. The minimum atomic E-state index is -0.994. The van der Waals surface area contributed by atoms with Crippen molar-refractivity contribution in [2.45, 2.75) is 38.8 Å². The first-order chi connectivity index (χ1) is 13.3. The van der Waals surface area contributed by atoms with Gasteiger partial charge in [-0.25, -0.2) is 4.79 Å². The van der Waals surface area contributed by atoms with E-state index in [-0.39, 0.29) is 26.6 Å². The number of aliphatic carboxylic acids is 1. The normalized spacial score (nSPS) is 20.9. The third-order valence-corrected chi connectivity index (χ3v) is 4.90. The quantitative estimate of drug-likeness (QED) is 0.531. The van der Waals surface area contributed by atoms with Crippen molar-refractivity contribution in [2.24, 2.45) is 15.4 Å². The molecule has 0 saturated carbocycles. The van der Waals surface area contributed by atoms with Gasteiger partial charge in [-0.1, -0.05) is 12.2 Å². The molecular formula is C21H18F2N3O2Pt-. The zero-order valence-corrected chi connectivity index (χ0v) is 18.0. The van der Waals surface area contributed by atoms with Gasteiger partial charge in [0.2, 0.25) is 0 Å². The van der Waals surface area contributed by atoms with Crippen LogP contribution in [0.25, 0.3) is 4.85 Å². The summed E-state index contributed by atoms with van der Waals surface area (Å²) in [5.74, 6) is -2.89. The minimum Gasteiger partial charge on any atom is -0.480 e. The Labute approximate surface area is 182 Å². The number of nitrogens with zero attached hydrogens (tertiary/aromatic N) is 3. The van der Waals surface area contributed by atoms with E-state index >= 15 is 0 Å². The molecule has 1 N–H and O–H groups in total. The first-order valence-electron chi connectivity index (χ1n) is 8.75. The second-order valence-corrected chi connectivity index (χ2v) is 7.12. The van der Waals surface area contributed by atoms with Crippen molar-refractivity contribution >= 4 is 23.1 Å². The molecule has 0 spiro atoms. The Morgan fingerprint density at radius 1 is 1.24 bits per heavy atom. The van der Waals surface area contributed by atoms with Gasteiger partial charge in [0.05, 0.1) is 12.6 Å². The molecule has 5 nitrogen and oxygen atoms in total. The molecule has 0 aliphatic carbocycles. The van der Waals surface area contributed by atoms with Crippen LogP contribution >= 0.6 is 0 Å². The fourth-order valence-corrected chi connectivity index (χ4v) is 3.20. The van der Waals surface area contributed by atoms with Gasteiger partial charge in [0.25, 0.3) is 0 Å². The van der Waals surface area contributed by atoms with E-state index in [1.165, 1.54) is 0 Å². The first kappa shape index (κ1) is 22.8. The SMILES string of the molecule is [C-]#[N+]c1c(F)c[c-]c(C2CC=CC(C(C)(C)C3=NC(C(=O)O)CC=C3)=N2)c1F.[Pt]. The molecule has 0 radical (unpaired) electrons. The number of benzene rings is 1. The Hall–Kier alpha value is -2.45. The van der Waals surface area contributed by atoms with Crippen molar-refractivity contribution in [3.63, 3.8) is 0 Å². The number of aliphatic imine (C=N–C) groups is 2. The van der Waals surface area contributed by atoms with Crippen molar-refractivity contribution < 1.29 is 39.7 Å². The van der Waals surface area contributed by atoms with Crippen LogP contribution in [0.15, 0.2) is 40.4 Å². The van der Waals surface area contributed by atoms with Crippen LogP contribution in [0.4, 0.5) is 14.5 Å². The Balaban J connectivity index is 0.00000300. The molecule has 0 saturated heterocycles. The summed E-state index contributed by atoms with van der Waals surface area (Å²) in [6, 6.07) is 2.03. The molecule has 154 valence electrons. The first-order valence-corrected chi connectivity index (χ1v) is 8.75. The topological polar surface area (TPSA) is 66.4 Å². The van der Waals surface area contributed by atoms with Crippen LogP contribution in [0.1, 0.15) is 38.3 Å². The van der Waals surface area contributed by atoms with Crippen molar-refractivity contribution in [1.29, 1.82) is 0 Å². The van der Waals surface area contributed by atoms with Crippen molar-refractivity contribution in [2.75, 3.05) is 0 Å². The van der Waals surface area contributed by atoms with E-state index in [1.807, 2.05) is 19.9 Å². The van der Waals surface area contributed by atoms with E-state index in [0.29, 0.717) is 24.3 Å². The summed E-state index contributed by atoms with van der Waals surface area (Å²) >= 11 is 0. The summed E-state index contributed by atoms with van der Waals surface area (Å²) < 4.78 is 28.2. The molecule has 0 bridgehead atoms. The summed E-state index contributed by atoms with van der Waals surface area (Å²) in [5.41, 5.74) is -0.170. The van der Waals surface area contributed by atoms with Gasteiger partial charge in [0.15, 0.2) is 6.04 Å². The monoisotopic (exact) mass is 577 g/mol. The number of dihydropyridines is 2. The molecule has 0 fully saturated rings. The van der Waals surface area contributed by atoms with Crippen LogP contribution in [0, 0.1) is 29.7 Å². The largest absolute Gasteiger partial charge is 0.480 e. The van der Waals surface area contributed by atoms with Gasteiger partial charge in [-0.3, -0.25) is 23.6 Å². The number of rotatable bonds is 4. The maximum absolute atomic E-state index is 14.6. The van der Waals surface area contributed by atoms with Crippen molar-refractivity contribution in [3.05, 3.63) is 65.1 Å². The van der Waals surface area contributed by atoms with Gasteiger partial charge in [0.1, 0.15) is 5.69 Å². The predicted octanol–water partition coefficient (Wildman–Crippen LogP) is 4.64. The van der Waals surface area contributed by atoms with Gasteiger partial charge in [-0.05, 0) is 38.8 Å². The van der Waals surface area contributed by atoms with E-state index < -0.39 is 40.8 Å². The van der Waals surface area contributed by atoms with Crippen molar-refractivity contribution in [1.82, 2.24) is 0 Å². The third kappa shape index (κ3) is 4.43. The fourth-order valence-electron chi connectivity index (χ4n) is 3.20. The van der Waals surface area contributed by atoms with E-state index in [9.17, 15) is 18.7 Å². The van der Waals surface area contributed by atoms with Crippen molar-refractivity contribution in [3.8, 4) is 0 Å². The van der Waals surface area contributed by atoms with Gasteiger partial charge in [0, 0.05) is 49.5 Å². The molecular weight excluding hydrogens is 559 g/mol. The second-order valence-electron chi connectivity index (χ2n) is 7.12. The zero-order chi connectivity index (χ0) is 20.5. The number of hydrogen-bond donors (Lipinski definition) is 1. The molecule has 3 rings (SSSR count). The number of hydrogen-bond acceptors (Lipinski definition) is 3. The fraction of sp³-hybridized carbons (Fsp3) is 0.333. The molecule has 2 heterocycles. The maximum atomic E-state index is 14.6. The van der Waals surface area contributed by atoms with E-state index in [1.54, 1.807) is 18.2 Å². The Morgan fingerprint density at radius 3 is 2.48 bits per heavy atom. The smallest absolute Gasteiger partial charge is 0.328 e. The van der Waals surface area contributed by atoms with E-state index in [4.69, 9.17) is 6.57 Å². The molecule has 0 amide bonds. The maximum Gasteiger partial charge on any atom is 0.328 e. The minimum absolute atomic E-state index is 0. The number of carbonyl (C=O) groups is 1. The average molecular weight is 577 g/mol. The van der Waals surface area contributed by atoms with Crippen LogP contribution in [0.5, 0.6) is 0 Å². The molecule has 1 aromatic rings. The Kier molecular flexibility index (Phi) is 7.02. The van der Waals surface area contributed by atoms with Gasteiger partial charge < -0.3 is 5.11 Å². The van der Waals surface area contributed by atoms with E-state index in [0.717, 1.165) is 6.07 Å². The molecule has 0 aromatic heterocycles. The summed E-state index contributed by atoms with van der Waals surface area (Å²) in [4.78, 5) is 23.1. The van der Waals surface area contributed by atoms with Crippen LogP contribution < -0.4 is 0 Å². The standard InChI is InChI=1S/C21H18F2N3O2.Pt/c1-21(2,17-9-5-7-15(26-17)20(27)28)16-8-4-6-14(25-16)12-10-11-13(22)19(24-3)18(12)23;/h4-5,8-9,11,14-15H,6-7H2,1-2H3,(H,27,28);/q-1;. The van der Waals surface area contributed by atoms with Crippen LogP contribution in [-0.4, -0.2) is 28.5 Å². The summed E-state index contributed by atoms with van der Waals surface area (Å²) in [6.07, 6.45) is 7.88. The molecule has 8 heteroatoms. The molecule has 2 aliphatic rings. The summed E-state index contributed by atoms with van der Waals surface area (Å²) in [6.45, 7) is 10.7.